The average Bonchev–Trinajstić information content (AvgIpc) is 3.22. The van der Waals surface area contributed by atoms with Gasteiger partial charge in [0.15, 0.2) is 5.82 Å². The van der Waals surface area contributed by atoms with Crippen LogP contribution in [-0.2, 0) is 5.54 Å². The lowest BCUT2D eigenvalue weighted by Gasteiger charge is -2.38. The van der Waals surface area contributed by atoms with Crippen molar-refractivity contribution >= 4 is 17.5 Å². The molecule has 2 aliphatic rings. The van der Waals surface area contributed by atoms with Crippen molar-refractivity contribution in [1.82, 2.24) is 24.5 Å². The van der Waals surface area contributed by atoms with Crippen LogP contribution in [0.5, 0.6) is 0 Å². The summed E-state index contributed by atoms with van der Waals surface area (Å²) in [6.45, 7) is 0. The van der Waals surface area contributed by atoms with E-state index in [9.17, 15) is 0 Å². The van der Waals surface area contributed by atoms with E-state index in [-0.39, 0.29) is 11.5 Å². The standard InChI is InChI=1S/C28H24N8/c29-27-32-15-18(16-33-27)23-24(17-8-10-19(11-9-17)28(30)12-4-13-28)36-22-7-3-14-31-25(22)34-21-6-2-1-5-20(21)26(36)35-23/h1-3,5-11,14-16H,4,12-13,30H2,(H,31,34)(H2,29,32,33). The molecule has 0 saturated heterocycles. The molecule has 1 fully saturated rings. The highest BCUT2D eigenvalue weighted by atomic mass is 15.2. The number of nitrogens with zero attached hydrogens (tertiary/aromatic N) is 5. The van der Waals surface area contributed by atoms with E-state index in [2.05, 4.69) is 61.2 Å². The zero-order chi connectivity index (χ0) is 24.3. The van der Waals surface area contributed by atoms with E-state index in [4.69, 9.17) is 16.5 Å². The molecule has 5 N–H and O–H groups in total. The quantitative estimate of drug-likeness (QED) is 0.330. The lowest BCUT2D eigenvalue weighted by Crippen LogP contribution is -2.43. The number of para-hydroxylation sites is 1. The van der Waals surface area contributed by atoms with Crippen molar-refractivity contribution < 1.29 is 0 Å². The summed E-state index contributed by atoms with van der Waals surface area (Å²) in [5.41, 5.74) is 19.7. The monoisotopic (exact) mass is 472 g/mol. The fraction of sp³-hybridized carbons (Fsp3) is 0.143. The van der Waals surface area contributed by atoms with Crippen LogP contribution in [0.4, 0.5) is 17.5 Å². The first-order valence-corrected chi connectivity index (χ1v) is 12.0. The van der Waals surface area contributed by atoms with Gasteiger partial charge in [0, 0.05) is 40.8 Å². The van der Waals surface area contributed by atoms with Gasteiger partial charge in [-0.05, 0) is 49.1 Å². The highest BCUT2D eigenvalue weighted by molar-refractivity contribution is 5.90. The van der Waals surface area contributed by atoms with Gasteiger partial charge in [-0.15, -0.1) is 0 Å². The fourth-order valence-corrected chi connectivity index (χ4v) is 5.16. The van der Waals surface area contributed by atoms with Crippen LogP contribution in [-0.4, -0.2) is 24.5 Å². The largest absolute Gasteiger partial charge is 0.368 e. The van der Waals surface area contributed by atoms with Crippen LogP contribution in [0.2, 0.25) is 0 Å². The Kier molecular flexibility index (Phi) is 4.46. The smallest absolute Gasteiger partial charge is 0.219 e. The number of hydrogen-bond donors (Lipinski definition) is 3. The summed E-state index contributed by atoms with van der Waals surface area (Å²) >= 11 is 0. The second kappa shape index (κ2) is 7.73. The van der Waals surface area contributed by atoms with Gasteiger partial charge in [-0.25, -0.2) is 19.9 Å². The van der Waals surface area contributed by atoms with Crippen molar-refractivity contribution in [2.75, 3.05) is 11.1 Å². The maximum atomic E-state index is 6.61. The molecular formula is C28H24N8. The molecule has 8 nitrogen and oxygen atoms in total. The fourth-order valence-electron chi connectivity index (χ4n) is 5.16. The summed E-state index contributed by atoms with van der Waals surface area (Å²) in [6, 6.07) is 20.7. The Morgan fingerprint density at radius 2 is 1.64 bits per heavy atom. The van der Waals surface area contributed by atoms with E-state index in [0.29, 0.717) is 0 Å². The van der Waals surface area contributed by atoms with Gasteiger partial charge in [0.25, 0.3) is 0 Å². The molecular weight excluding hydrogens is 448 g/mol. The minimum Gasteiger partial charge on any atom is -0.368 e. The van der Waals surface area contributed by atoms with Crippen LogP contribution in [0.25, 0.3) is 39.6 Å². The van der Waals surface area contributed by atoms with Gasteiger partial charge in [-0.3, -0.25) is 4.57 Å². The molecule has 176 valence electrons. The van der Waals surface area contributed by atoms with Crippen LogP contribution in [0.1, 0.15) is 24.8 Å². The molecule has 1 aliphatic heterocycles. The lowest BCUT2D eigenvalue weighted by molar-refractivity contribution is 0.253. The van der Waals surface area contributed by atoms with E-state index in [1.807, 2.05) is 24.3 Å². The van der Waals surface area contributed by atoms with Crippen LogP contribution >= 0.6 is 0 Å². The first-order valence-electron chi connectivity index (χ1n) is 12.0. The Labute approximate surface area is 208 Å². The van der Waals surface area contributed by atoms with Crippen molar-refractivity contribution in [3.05, 3.63) is 84.8 Å². The van der Waals surface area contributed by atoms with Crippen LogP contribution in [0.3, 0.4) is 0 Å². The molecule has 5 aromatic rings. The van der Waals surface area contributed by atoms with Crippen molar-refractivity contribution in [3.8, 4) is 39.6 Å². The Morgan fingerprint density at radius 3 is 2.39 bits per heavy atom. The molecule has 2 aromatic carbocycles. The molecule has 7 rings (SSSR count). The molecule has 0 bridgehead atoms. The van der Waals surface area contributed by atoms with Gasteiger partial charge in [-0.2, -0.15) is 0 Å². The van der Waals surface area contributed by atoms with Crippen LogP contribution < -0.4 is 16.8 Å². The summed E-state index contributed by atoms with van der Waals surface area (Å²) < 4.78 is 2.17. The summed E-state index contributed by atoms with van der Waals surface area (Å²) in [5.74, 6) is 1.79. The van der Waals surface area contributed by atoms with E-state index in [1.165, 1.54) is 12.0 Å². The molecule has 0 radical (unpaired) electrons. The molecule has 8 heteroatoms. The van der Waals surface area contributed by atoms with Crippen LogP contribution in [0.15, 0.2) is 79.3 Å². The summed E-state index contributed by atoms with van der Waals surface area (Å²) in [6.07, 6.45) is 8.44. The number of nitrogen functional groups attached to an aromatic ring is 1. The van der Waals surface area contributed by atoms with Crippen molar-refractivity contribution in [3.63, 3.8) is 0 Å². The van der Waals surface area contributed by atoms with Gasteiger partial charge in [-0.1, -0.05) is 36.4 Å². The predicted molar refractivity (Wildman–Crippen MR) is 141 cm³/mol. The van der Waals surface area contributed by atoms with Crippen molar-refractivity contribution in [1.29, 1.82) is 0 Å². The number of anilines is 3. The third-order valence-electron chi connectivity index (χ3n) is 7.25. The summed E-state index contributed by atoms with van der Waals surface area (Å²) in [4.78, 5) is 18.3. The number of aromatic nitrogens is 5. The van der Waals surface area contributed by atoms with Gasteiger partial charge < -0.3 is 16.8 Å². The van der Waals surface area contributed by atoms with E-state index in [0.717, 1.165) is 63.9 Å². The molecule has 1 aliphatic carbocycles. The molecule has 0 unspecified atom stereocenters. The van der Waals surface area contributed by atoms with Gasteiger partial charge >= 0.3 is 0 Å². The summed E-state index contributed by atoms with van der Waals surface area (Å²) in [5, 5.41) is 3.50. The van der Waals surface area contributed by atoms with Crippen molar-refractivity contribution in [2.24, 2.45) is 5.73 Å². The number of pyridine rings is 1. The molecule has 0 spiro atoms. The van der Waals surface area contributed by atoms with Crippen LogP contribution in [0, 0.1) is 0 Å². The number of benzene rings is 2. The third kappa shape index (κ3) is 3.11. The average molecular weight is 473 g/mol. The molecule has 0 amide bonds. The predicted octanol–water partition coefficient (Wildman–Crippen LogP) is 5.04. The number of hydrogen-bond acceptors (Lipinski definition) is 7. The minimum atomic E-state index is -0.222. The van der Waals surface area contributed by atoms with Crippen molar-refractivity contribution in [2.45, 2.75) is 24.8 Å². The minimum absolute atomic E-state index is 0.222. The number of imidazole rings is 1. The van der Waals surface area contributed by atoms with Gasteiger partial charge in [0.2, 0.25) is 5.95 Å². The Balaban J connectivity index is 1.53. The zero-order valence-electron chi connectivity index (χ0n) is 19.5. The maximum Gasteiger partial charge on any atom is 0.219 e. The second-order valence-corrected chi connectivity index (χ2v) is 9.43. The molecule has 1 saturated carbocycles. The lowest BCUT2D eigenvalue weighted by atomic mass is 9.72. The number of nitrogens with two attached hydrogens (primary N) is 2. The van der Waals surface area contributed by atoms with E-state index < -0.39 is 0 Å². The normalized spacial score (nSPS) is 15.0. The number of nitrogens with one attached hydrogen (secondary N) is 1. The Hall–Kier alpha value is -4.56. The highest BCUT2D eigenvalue weighted by Crippen LogP contribution is 2.45. The second-order valence-electron chi connectivity index (χ2n) is 9.43. The van der Waals surface area contributed by atoms with E-state index in [1.54, 1.807) is 18.6 Å². The third-order valence-corrected chi connectivity index (χ3v) is 7.25. The van der Waals surface area contributed by atoms with E-state index >= 15 is 0 Å². The first kappa shape index (κ1) is 20.8. The molecule has 4 heterocycles. The van der Waals surface area contributed by atoms with Gasteiger partial charge in [0.05, 0.1) is 17.1 Å². The SMILES string of the molecule is Nc1ncc(-c2nc3n(c2-c2ccc(C4(N)CCC4)cc2)-c2cccnc2Nc2ccccc2-3)cn1. The maximum absolute atomic E-state index is 6.61. The highest BCUT2D eigenvalue weighted by Gasteiger charge is 2.34. The Morgan fingerprint density at radius 1 is 0.861 bits per heavy atom. The molecule has 36 heavy (non-hydrogen) atoms. The number of rotatable bonds is 3. The zero-order valence-corrected chi connectivity index (χ0v) is 19.5. The Bertz CT molecular complexity index is 1600. The first-order chi connectivity index (χ1) is 17.6. The molecule has 0 atom stereocenters. The topological polar surface area (TPSA) is 121 Å². The van der Waals surface area contributed by atoms with Gasteiger partial charge in [0.1, 0.15) is 11.5 Å². The number of fused-ring (bicyclic) bond motifs is 5. The summed E-state index contributed by atoms with van der Waals surface area (Å²) in [7, 11) is 0. The molecule has 3 aromatic heterocycles.